The van der Waals surface area contributed by atoms with E-state index in [9.17, 15) is 18.0 Å². The summed E-state index contributed by atoms with van der Waals surface area (Å²) in [5, 5.41) is 0. The minimum atomic E-state index is -4.54. The number of nitrogens with one attached hydrogen (secondary N) is 1. The van der Waals surface area contributed by atoms with E-state index < -0.39 is 17.6 Å². The highest BCUT2D eigenvalue weighted by Crippen LogP contribution is 2.28. The predicted molar refractivity (Wildman–Crippen MR) is 40.0 cm³/mol. The van der Waals surface area contributed by atoms with Crippen LogP contribution >= 0.6 is 0 Å². The van der Waals surface area contributed by atoms with Crippen LogP contribution in [-0.4, -0.2) is 11.2 Å². The predicted octanol–water partition coefficient (Wildman–Crippen LogP) is 0.937. The summed E-state index contributed by atoms with van der Waals surface area (Å²) in [6, 6.07) is -0.188. The zero-order chi connectivity index (χ0) is 10.1. The average molecular weight is 192 g/mol. The minimum absolute atomic E-state index is 0.333. The van der Waals surface area contributed by atoms with Crippen molar-refractivity contribution >= 4 is 0 Å². The van der Waals surface area contributed by atoms with E-state index in [2.05, 4.69) is 4.98 Å². The fourth-order valence-electron chi connectivity index (χ4n) is 0.819. The van der Waals surface area contributed by atoms with E-state index in [0.717, 1.165) is 18.3 Å². The molecule has 3 nitrogen and oxygen atoms in total. The van der Waals surface area contributed by atoms with Gasteiger partial charge in [0, 0.05) is 24.0 Å². The summed E-state index contributed by atoms with van der Waals surface area (Å²) in [5.74, 6) is 0. The lowest BCUT2D eigenvalue weighted by Gasteiger charge is -2.14. The Morgan fingerprint density at radius 1 is 1.46 bits per heavy atom. The normalized spacial score (nSPS) is 14.2. The molecule has 1 aromatic rings. The minimum Gasteiger partial charge on any atom is -0.363 e. The quantitative estimate of drug-likeness (QED) is 0.695. The van der Waals surface area contributed by atoms with Crippen LogP contribution in [0.25, 0.3) is 0 Å². The summed E-state index contributed by atoms with van der Waals surface area (Å²) in [6.07, 6.45) is -3.41. The summed E-state index contributed by atoms with van der Waals surface area (Å²) in [6.45, 7) is 0. The van der Waals surface area contributed by atoms with Gasteiger partial charge in [-0.2, -0.15) is 13.2 Å². The van der Waals surface area contributed by atoms with Crippen LogP contribution in [0.3, 0.4) is 0 Å². The average Bonchev–Trinajstić information content (AvgIpc) is 2.01. The molecule has 1 rings (SSSR count). The number of hydrogen-bond donors (Lipinski definition) is 2. The third-order valence-electron chi connectivity index (χ3n) is 1.48. The van der Waals surface area contributed by atoms with Crippen molar-refractivity contribution in [3.8, 4) is 0 Å². The fourth-order valence-corrected chi connectivity index (χ4v) is 0.819. The van der Waals surface area contributed by atoms with E-state index in [1.807, 2.05) is 0 Å². The van der Waals surface area contributed by atoms with Crippen molar-refractivity contribution in [1.29, 1.82) is 0 Å². The lowest BCUT2D eigenvalue weighted by Crippen LogP contribution is -2.30. The Labute approximate surface area is 71.4 Å². The van der Waals surface area contributed by atoms with E-state index >= 15 is 0 Å². The topological polar surface area (TPSA) is 58.9 Å². The second kappa shape index (κ2) is 3.21. The molecular weight excluding hydrogens is 185 g/mol. The van der Waals surface area contributed by atoms with Crippen LogP contribution in [-0.2, 0) is 0 Å². The first-order valence-electron chi connectivity index (χ1n) is 3.42. The molecule has 0 spiro atoms. The Morgan fingerprint density at radius 2 is 2.08 bits per heavy atom. The third kappa shape index (κ3) is 2.32. The molecule has 0 aromatic carbocycles. The van der Waals surface area contributed by atoms with E-state index in [1.54, 1.807) is 0 Å². The molecule has 0 saturated carbocycles. The maximum absolute atomic E-state index is 12.0. The van der Waals surface area contributed by atoms with Crippen molar-refractivity contribution in [3.63, 3.8) is 0 Å². The first-order chi connectivity index (χ1) is 5.91. The van der Waals surface area contributed by atoms with Gasteiger partial charge in [-0.25, -0.2) is 0 Å². The molecule has 3 N–H and O–H groups in total. The van der Waals surface area contributed by atoms with Gasteiger partial charge in [-0.3, -0.25) is 4.79 Å². The Bertz CT molecular complexity index is 344. The number of aromatic nitrogens is 1. The molecule has 6 heteroatoms. The first kappa shape index (κ1) is 9.79. The number of H-pyrrole nitrogens is 1. The summed E-state index contributed by atoms with van der Waals surface area (Å²) < 4.78 is 36.1. The van der Waals surface area contributed by atoms with Crippen molar-refractivity contribution in [2.24, 2.45) is 5.73 Å². The van der Waals surface area contributed by atoms with Crippen LogP contribution < -0.4 is 11.2 Å². The van der Waals surface area contributed by atoms with Gasteiger partial charge >= 0.3 is 6.18 Å². The van der Waals surface area contributed by atoms with Crippen molar-refractivity contribution in [1.82, 2.24) is 4.98 Å². The molecule has 0 saturated heterocycles. The Hall–Kier alpha value is -1.30. The molecule has 1 heterocycles. The molecule has 72 valence electrons. The summed E-state index contributed by atoms with van der Waals surface area (Å²) in [5.41, 5.74) is 4.01. The van der Waals surface area contributed by atoms with Crippen molar-refractivity contribution in [2.75, 3.05) is 0 Å². The van der Waals surface area contributed by atoms with Crippen LogP contribution in [0.2, 0.25) is 0 Å². The molecular formula is C7H7F3N2O. The third-order valence-corrected chi connectivity index (χ3v) is 1.48. The van der Waals surface area contributed by atoms with Crippen molar-refractivity contribution in [2.45, 2.75) is 12.2 Å². The second-order valence-electron chi connectivity index (χ2n) is 2.50. The van der Waals surface area contributed by atoms with Crippen LogP contribution in [0.15, 0.2) is 23.1 Å². The van der Waals surface area contributed by atoms with Gasteiger partial charge in [0.15, 0.2) is 5.43 Å². The lowest BCUT2D eigenvalue weighted by molar-refractivity contribution is -0.150. The van der Waals surface area contributed by atoms with E-state index in [0.29, 0.717) is 0 Å². The number of halogens is 3. The molecule has 13 heavy (non-hydrogen) atoms. The molecule has 0 amide bonds. The zero-order valence-electron chi connectivity index (χ0n) is 6.43. The van der Waals surface area contributed by atoms with Crippen LogP contribution in [0.1, 0.15) is 11.7 Å². The van der Waals surface area contributed by atoms with Gasteiger partial charge in [0.05, 0.1) is 0 Å². The molecule has 0 aliphatic rings. The number of pyridine rings is 1. The summed E-state index contributed by atoms with van der Waals surface area (Å²) in [4.78, 5) is 12.9. The zero-order valence-corrected chi connectivity index (χ0v) is 6.43. The van der Waals surface area contributed by atoms with E-state index in [4.69, 9.17) is 5.73 Å². The van der Waals surface area contributed by atoms with E-state index in [-0.39, 0.29) is 5.69 Å². The van der Waals surface area contributed by atoms with Gasteiger partial charge in [-0.1, -0.05) is 0 Å². The smallest absolute Gasteiger partial charge is 0.363 e. The molecule has 0 bridgehead atoms. The van der Waals surface area contributed by atoms with Crippen LogP contribution in [0, 0.1) is 0 Å². The summed E-state index contributed by atoms with van der Waals surface area (Å²) >= 11 is 0. The molecule has 1 unspecified atom stereocenters. The Kier molecular flexibility index (Phi) is 2.42. The SMILES string of the molecule is NC(c1cc(=O)cc[nH]1)C(F)(F)F. The monoisotopic (exact) mass is 192 g/mol. The second-order valence-corrected chi connectivity index (χ2v) is 2.50. The molecule has 0 aliphatic carbocycles. The number of hydrogen-bond acceptors (Lipinski definition) is 2. The highest BCUT2D eigenvalue weighted by atomic mass is 19.4. The number of nitrogens with two attached hydrogens (primary N) is 1. The number of aromatic amines is 1. The molecule has 0 radical (unpaired) electrons. The van der Waals surface area contributed by atoms with E-state index in [1.165, 1.54) is 0 Å². The molecule has 1 atom stereocenters. The van der Waals surface area contributed by atoms with Gasteiger partial charge in [0.1, 0.15) is 6.04 Å². The largest absolute Gasteiger partial charge is 0.409 e. The van der Waals surface area contributed by atoms with Gasteiger partial charge in [-0.15, -0.1) is 0 Å². The Morgan fingerprint density at radius 3 is 2.54 bits per heavy atom. The van der Waals surface area contributed by atoms with Crippen molar-refractivity contribution in [3.05, 3.63) is 34.2 Å². The maximum atomic E-state index is 12.0. The maximum Gasteiger partial charge on any atom is 0.409 e. The standard InChI is InChI=1S/C7H7F3N2O/c8-7(9,10)6(11)5-3-4(13)1-2-12-5/h1-3,6H,11H2,(H,12,13). The van der Waals surface area contributed by atoms with Gasteiger partial charge in [-0.05, 0) is 0 Å². The molecule has 0 aliphatic heterocycles. The highest BCUT2D eigenvalue weighted by Gasteiger charge is 2.38. The highest BCUT2D eigenvalue weighted by molar-refractivity contribution is 5.10. The Balaban J connectivity index is 3.02. The molecule has 0 fully saturated rings. The van der Waals surface area contributed by atoms with Crippen LogP contribution in [0.5, 0.6) is 0 Å². The lowest BCUT2D eigenvalue weighted by atomic mass is 10.2. The van der Waals surface area contributed by atoms with Gasteiger partial charge < -0.3 is 10.7 Å². The fraction of sp³-hybridized carbons (Fsp3) is 0.286. The van der Waals surface area contributed by atoms with Crippen molar-refractivity contribution < 1.29 is 13.2 Å². The number of alkyl halides is 3. The first-order valence-corrected chi connectivity index (χ1v) is 3.42. The van der Waals surface area contributed by atoms with Gasteiger partial charge in [0.2, 0.25) is 0 Å². The molecule has 1 aromatic heterocycles. The van der Waals surface area contributed by atoms with Gasteiger partial charge in [0.25, 0.3) is 0 Å². The number of rotatable bonds is 1. The van der Waals surface area contributed by atoms with Crippen LogP contribution in [0.4, 0.5) is 13.2 Å². The summed E-state index contributed by atoms with van der Waals surface area (Å²) in [7, 11) is 0.